The Morgan fingerprint density at radius 3 is 2.64 bits per heavy atom. The third-order valence-corrected chi connectivity index (χ3v) is 5.13. The van der Waals surface area contributed by atoms with Crippen LogP contribution in [0.1, 0.15) is 38.7 Å². The van der Waals surface area contributed by atoms with Crippen molar-refractivity contribution >= 4 is 28.5 Å². The number of likely N-dealkylation sites (tertiary alicyclic amines) is 1. The number of halogens is 1. The van der Waals surface area contributed by atoms with Gasteiger partial charge in [-0.1, -0.05) is 11.6 Å². The zero-order chi connectivity index (χ0) is 18.1. The third kappa shape index (κ3) is 3.66. The van der Waals surface area contributed by atoms with Gasteiger partial charge in [-0.2, -0.15) is 0 Å². The predicted molar refractivity (Wildman–Crippen MR) is 97.3 cm³/mol. The lowest BCUT2D eigenvalue weighted by Crippen LogP contribution is -2.49. The quantitative estimate of drug-likeness (QED) is 0.775. The summed E-state index contributed by atoms with van der Waals surface area (Å²) in [6.07, 6.45) is 3.16. The number of amides is 1. The zero-order valence-electron chi connectivity index (χ0n) is 14.7. The molecule has 3 rings (SSSR count). The van der Waals surface area contributed by atoms with Crippen LogP contribution in [0.5, 0.6) is 5.75 Å². The lowest BCUT2D eigenvalue weighted by atomic mass is 9.97. The first-order chi connectivity index (χ1) is 11.9. The molecular weight excluding hydrogens is 342 g/mol. The Balaban J connectivity index is 1.80. The minimum absolute atomic E-state index is 0.0541. The number of hydrogen-bond acceptors (Lipinski definition) is 4. The molecule has 0 bridgehead atoms. The Bertz CT molecular complexity index is 850. The summed E-state index contributed by atoms with van der Waals surface area (Å²) in [6.45, 7) is 5.86. The van der Waals surface area contributed by atoms with E-state index in [4.69, 9.17) is 20.8 Å². The number of piperidine rings is 1. The fraction of sp³-hybridized carbons (Fsp3) is 0.474. The molecule has 1 saturated heterocycles. The second-order valence-corrected chi connectivity index (χ2v) is 7.15. The molecule has 1 aromatic heterocycles. The average Bonchev–Trinajstić information content (AvgIpc) is 2.53. The monoisotopic (exact) mass is 363 g/mol. The topological polar surface area (TPSA) is 59.8 Å². The van der Waals surface area contributed by atoms with Crippen LogP contribution in [-0.4, -0.2) is 29.5 Å². The highest BCUT2D eigenvalue weighted by atomic mass is 35.5. The number of hydrogen-bond donors (Lipinski definition) is 0. The van der Waals surface area contributed by atoms with Gasteiger partial charge in [-0.05, 0) is 51.7 Å². The number of benzene rings is 1. The van der Waals surface area contributed by atoms with Crippen molar-refractivity contribution in [3.05, 3.63) is 39.2 Å². The van der Waals surface area contributed by atoms with Gasteiger partial charge in [-0.15, -0.1) is 0 Å². The molecule has 0 aliphatic carbocycles. The molecule has 1 fully saturated rings. The average molecular weight is 364 g/mol. The van der Waals surface area contributed by atoms with Gasteiger partial charge in [0.1, 0.15) is 11.3 Å². The van der Waals surface area contributed by atoms with Crippen LogP contribution in [0.15, 0.2) is 27.4 Å². The normalized spacial score (nSPS) is 20.7. The Hall–Kier alpha value is -2.01. The van der Waals surface area contributed by atoms with Gasteiger partial charge in [0.2, 0.25) is 0 Å². The van der Waals surface area contributed by atoms with Gasteiger partial charge in [0.15, 0.2) is 6.61 Å². The highest BCUT2D eigenvalue weighted by Gasteiger charge is 2.29. The van der Waals surface area contributed by atoms with Crippen LogP contribution in [0.2, 0.25) is 5.02 Å². The largest absolute Gasteiger partial charge is 0.482 e. The number of fused-ring (bicyclic) bond motifs is 1. The van der Waals surface area contributed by atoms with Crippen LogP contribution in [-0.2, 0) is 4.79 Å². The molecule has 0 saturated carbocycles. The smallest absolute Gasteiger partial charge is 0.336 e. The fourth-order valence-electron chi connectivity index (χ4n) is 3.56. The number of carbonyl (C=O) groups is 1. The minimum atomic E-state index is -0.426. The van der Waals surface area contributed by atoms with Crippen LogP contribution < -0.4 is 10.4 Å². The summed E-state index contributed by atoms with van der Waals surface area (Å²) in [5.74, 6) is 0.287. The standard InChI is InChI=1S/C19H22ClNO4/c1-11-7-19(23)25-16-9-17(15(20)8-14(11)16)24-10-18(22)21-12(2)5-4-6-13(21)3/h7-9,12-13H,4-6,10H2,1-3H3/t12-,13-/m1/s1. The first kappa shape index (κ1) is 17.8. The minimum Gasteiger partial charge on any atom is -0.482 e. The van der Waals surface area contributed by atoms with Gasteiger partial charge >= 0.3 is 5.63 Å². The van der Waals surface area contributed by atoms with E-state index in [-0.39, 0.29) is 24.6 Å². The second-order valence-electron chi connectivity index (χ2n) is 6.75. The molecule has 1 amide bonds. The van der Waals surface area contributed by atoms with E-state index >= 15 is 0 Å². The van der Waals surface area contributed by atoms with Gasteiger partial charge in [0.25, 0.3) is 5.91 Å². The maximum absolute atomic E-state index is 12.6. The van der Waals surface area contributed by atoms with Gasteiger partial charge in [-0.25, -0.2) is 4.79 Å². The van der Waals surface area contributed by atoms with Crippen molar-refractivity contribution in [1.29, 1.82) is 0 Å². The first-order valence-corrected chi connectivity index (χ1v) is 8.92. The highest BCUT2D eigenvalue weighted by molar-refractivity contribution is 6.32. The summed E-state index contributed by atoms with van der Waals surface area (Å²) in [6, 6.07) is 5.12. The maximum Gasteiger partial charge on any atom is 0.336 e. The van der Waals surface area contributed by atoms with E-state index in [0.717, 1.165) is 30.2 Å². The van der Waals surface area contributed by atoms with Gasteiger partial charge in [0.05, 0.1) is 5.02 Å². The van der Waals surface area contributed by atoms with Crippen LogP contribution in [0, 0.1) is 6.92 Å². The van der Waals surface area contributed by atoms with Gasteiger partial charge < -0.3 is 14.1 Å². The molecule has 0 radical (unpaired) electrons. The lowest BCUT2D eigenvalue weighted by molar-refractivity contribution is -0.139. The summed E-state index contributed by atoms with van der Waals surface area (Å²) in [5, 5.41) is 1.14. The molecular formula is C19H22ClNO4. The van der Waals surface area contributed by atoms with E-state index in [1.54, 1.807) is 12.1 Å². The van der Waals surface area contributed by atoms with Crippen LogP contribution >= 0.6 is 11.6 Å². The van der Waals surface area contributed by atoms with Crippen molar-refractivity contribution in [2.75, 3.05) is 6.61 Å². The summed E-state index contributed by atoms with van der Waals surface area (Å²) < 4.78 is 10.9. The summed E-state index contributed by atoms with van der Waals surface area (Å²) in [4.78, 5) is 26.0. The molecule has 2 atom stereocenters. The Morgan fingerprint density at radius 2 is 1.96 bits per heavy atom. The summed E-state index contributed by atoms with van der Waals surface area (Å²) in [5.41, 5.74) is 0.758. The molecule has 1 aromatic carbocycles. The molecule has 1 aliphatic rings. The fourth-order valence-corrected chi connectivity index (χ4v) is 3.78. The second kappa shape index (κ2) is 7.08. The van der Waals surface area contributed by atoms with Crippen molar-refractivity contribution in [3.8, 4) is 5.75 Å². The molecule has 134 valence electrons. The molecule has 2 aromatic rings. The van der Waals surface area contributed by atoms with E-state index in [1.165, 1.54) is 6.07 Å². The van der Waals surface area contributed by atoms with Crippen molar-refractivity contribution in [2.24, 2.45) is 0 Å². The SMILES string of the molecule is Cc1cc(=O)oc2cc(OCC(=O)N3[C@H](C)CCC[C@H]3C)c(Cl)cc12. The molecule has 2 heterocycles. The van der Waals surface area contributed by atoms with Crippen LogP contribution in [0.4, 0.5) is 0 Å². The Kier molecular flexibility index (Phi) is 5.04. The molecule has 6 heteroatoms. The van der Waals surface area contributed by atoms with Crippen molar-refractivity contribution < 1.29 is 13.9 Å². The molecule has 5 nitrogen and oxygen atoms in total. The highest BCUT2D eigenvalue weighted by Crippen LogP contribution is 2.31. The van der Waals surface area contributed by atoms with Crippen molar-refractivity contribution in [3.63, 3.8) is 0 Å². The lowest BCUT2D eigenvalue weighted by Gasteiger charge is -2.39. The number of carbonyl (C=O) groups excluding carboxylic acids is 1. The Morgan fingerprint density at radius 1 is 1.28 bits per heavy atom. The van der Waals surface area contributed by atoms with E-state index in [0.29, 0.717) is 16.4 Å². The number of rotatable bonds is 3. The summed E-state index contributed by atoms with van der Waals surface area (Å²) in [7, 11) is 0. The predicted octanol–water partition coefficient (Wildman–Crippen LogP) is 3.92. The number of ether oxygens (including phenoxy) is 1. The molecule has 0 unspecified atom stereocenters. The maximum atomic E-state index is 12.6. The molecule has 0 spiro atoms. The molecule has 25 heavy (non-hydrogen) atoms. The van der Waals surface area contributed by atoms with E-state index < -0.39 is 5.63 Å². The zero-order valence-corrected chi connectivity index (χ0v) is 15.4. The van der Waals surface area contributed by atoms with Gasteiger partial charge in [0, 0.05) is 29.6 Å². The van der Waals surface area contributed by atoms with E-state index in [9.17, 15) is 9.59 Å². The van der Waals surface area contributed by atoms with Crippen LogP contribution in [0.25, 0.3) is 11.0 Å². The third-order valence-electron chi connectivity index (χ3n) is 4.84. The number of aryl methyl sites for hydroxylation is 1. The van der Waals surface area contributed by atoms with Gasteiger partial charge in [-0.3, -0.25) is 4.79 Å². The first-order valence-electron chi connectivity index (χ1n) is 8.55. The molecule has 0 N–H and O–H groups in total. The van der Waals surface area contributed by atoms with Crippen LogP contribution in [0.3, 0.4) is 0 Å². The Labute approximate surface area is 151 Å². The number of nitrogens with zero attached hydrogens (tertiary/aromatic N) is 1. The van der Waals surface area contributed by atoms with E-state index in [1.807, 2.05) is 11.8 Å². The van der Waals surface area contributed by atoms with Crippen molar-refractivity contribution in [1.82, 2.24) is 4.90 Å². The summed E-state index contributed by atoms with van der Waals surface area (Å²) >= 11 is 6.27. The molecule has 1 aliphatic heterocycles. The van der Waals surface area contributed by atoms with Crippen molar-refractivity contribution in [2.45, 2.75) is 52.1 Å². The van der Waals surface area contributed by atoms with E-state index in [2.05, 4.69) is 13.8 Å².